The standard InChI is InChI=1S/C24H29N7O3/c1-15-11-16(2)31(29-15)22-13-21(27-17(3)28-22)25-9-10-26-24(33)18-12-23(32)30(14-18)19-5-7-20(34-4)8-6-19/h5-8,11,13,18H,9-10,12,14H2,1-4H3,(H,26,33)(H,25,27,28)/t18-/m0/s1. The number of hydrogen-bond donors (Lipinski definition) is 2. The van der Waals surface area contributed by atoms with Crippen molar-refractivity contribution >= 4 is 23.3 Å². The number of amides is 2. The van der Waals surface area contributed by atoms with Crippen molar-refractivity contribution in [1.82, 2.24) is 25.1 Å². The molecule has 34 heavy (non-hydrogen) atoms. The van der Waals surface area contributed by atoms with Crippen molar-refractivity contribution in [2.24, 2.45) is 5.92 Å². The highest BCUT2D eigenvalue weighted by Crippen LogP contribution is 2.26. The number of carbonyl (C=O) groups excluding carboxylic acids is 2. The van der Waals surface area contributed by atoms with E-state index >= 15 is 0 Å². The predicted molar refractivity (Wildman–Crippen MR) is 128 cm³/mol. The zero-order valence-corrected chi connectivity index (χ0v) is 19.8. The third kappa shape index (κ3) is 5.16. The molecule has 2 aromatic heterocycles. The van der Waals surface area contributed by atoms with Crippen molar-refractivity contribution in [1.29, 1.82) is 0 Å². The van der Waals surface area contributed by atoms with Crippen LogP contribution < -0.4 is 20.3 Å². The predicted octanol–water partition coefficient (Wildman–Crippen LogP) is 2.18. The second-order valence-corrected chi connectivity index (χ2v) is 8.32. The molecule has 1 fully saturated rings. The highest BCUT2D eigenvalue weighted by atomic mass is 16.5. The molecule has 0 spiro atoms. The third-order valence-electron chi connectivity index (χ3n) is 5.66. The quantitative estimate of drug-likeness (QED) is 0.492. The molecular formula is C24H29N7O3. The summed E-state index contributed by atoms with van der Waals surface area (Å²) in [5.74, 6) is 2.12. The van der Waals surface area contributed by atoms with Crippen molar-refractivity contribution in [2.45, 2.75) is 27.2 Å². The van der Waals surface area contributed by atoms with E-state index < -0.39 is 0 Å². The van der Waals surface area contributed by atoms with Crippen molar-refractivity contribution < 1.29 is 14.3 Å². The summed E-state index contributed by atoms with van der Waals surface area (Å²) in [6, 6.07) is 11.1. The molecule has 10 nitrogen and oxygen atoms in total. The highest BCUT2D eigenvalue weighted by Gasteiger charge is 2.34. The second kappa shape index (κ2) is 9.90. The van der Waals surface area contributed by atoms with Crippen molar-refractivity contribution in [3.8, 4) is 11.6 Å². The van der Waals surface area contributed by atoms with E-state index in [2.05, 4.69) is 25.7 Å². The first kappa shape index (κ1) is 23.2. The van der Waals surface area contributed by atoms with Gasteiger partial charge in [-0.15, -0.1) is 0 Å². The molecule has 3 heterocycles. The summed E-state index contributed by atoms with van der Waals surface area (Å²) in [6.45, 7) is 7.00. The Balaban J connectivity index is 1.29. The molecule has 10 heteroatoms. The van der Waals surface area contributed by atoms with Gasteiger partial charge in [-0.1, -0.05) is 0 Å². The molecule has 2 N–H and O–H groups in total. The fourth-order valence-electron chi connectivity index (χ4n) is 4.03. The molecule has 1 aliphatic heterocycles. The van der Waals surface area contributed by atoms with Crippen LogP contribution in [0.1, 0.15) is 23.6 Å². The summed E-state index contributed by atoms with van der Waals surface area (Å²) in [5, 5.41) is 10.6. The van der Waals surface area contributed by atoms with E-state index in [1.54, 1.807) is 28.8 Å². The van der Waals surface area contributed by atoms with Gasteiger partial charge in [-0.05, 0) is 51.1 Å². The summed E-state index contributed by atoms with van der Waals surface area (Å²) in [4.78, 5) is 35.6. The minimum atomic E-state index is -0.381. The monoisotopic (exact) mass is 463 g/mol. The van der Waals surface area contributed by atoms with Gasteiger partial charge in [-0.25, -0.2) is 14.6 Å². The molecule has 0 unspecified atom stereocenters. The van der Waals surface area contributed by atoms with E-state index in [-0.39, 0.29) is 24.2 Å². The van der Waals surface area contributed by atoms with Gasteiger partial charge in [-0.3, -0.25) is 9.59 Å². The van der Waals surface area contributed by atoms with Gasteiger partial charge in [0, 0.05) is 43.5 Å². The Hall–Kier alpha value is -3.95. The highest BCUT2D eigenvalue weighted by molar-refractivity contribution is 6.00. The number of rotatable bonds is 8. The van der Waals surface area contributed by atoms with Gasteiger partial charge in [0.25, 0.3) is 0 Å². The first-order valence-electron chi connectivity index (χ1n) is 11.2. The number of aryl methyl sites for hydroxylation is 3. The first-order valence-corrected chi connectivity index (χ1v) is 11.2. The first-order chi connectivity index (χ1) is 16.3. The molecule has 1 saturated heterocycles. The summed E-state index contributed by atoms with van der Waals surface area (Å²) >= 11 is 0. The number of hydrogen-bond acceptors (Lipinski definition) is 7. The van der Waals surface area contributed by atoms with Crippen LogP contribution in [0.5, 0.6) is 5.75 Å². The van der Waals surface area contributed by atoms with E-state index in [1.807, 2.05) is 45.0 Å². The van der Waals surface area contributed by atoms with Crippen molar-refractivity contribution in [3.63, 3.8) is 0 Å². The van der Waals surface area contributed by atoms with E-state index in [0.717, 1.165) is 22.8 Å². The Labute approximate surface area is 198 Å². The number of methoxy groups -OCH3 is 1. The third-order valence-corrected chi connectivity index (χ3v) is 5.66. The van der Waals surface area contributed by atoms with Gasteiger partial charge < -0.3 is 20.3 Å². The number of aromatic nitrogens is 4. The van der Waals surface area contributed by atoms with Gasteiger partial charge in [-0.2, -0.15) is 5.10 Å². The minimum Gasteiger partial charge on any atom is -0.497 e. The molecule has 178 valence electrons. The van der Waals surface area contributed by atoms with Gasteiger partial charge >= 0.3 is 0 Å². The SMILES string of the molecule is COc1ccc(N2C[C@@H](C(=O)NCCNc3cc(-n4nc(C)cc4C)nc(C)n3)CC2=O)cc1. The summed E-state index contributed by atoms with van der Waals surface area (Å²) in [5.41, 5.74) is 2.67. The summed E-state index contributed by atoms with van der Waals surface area (Å²) in [7, 11) is 1.59. The van der Waals surface area contributed by atoms with Crippen LogP contribution in [-0.4, -0.2) is 58.3 Å². The van der Waals surface area contributed by atoms with Crippen LogP contribution in [0.25, 0.3) is 5.82 Å². The van der Waals surface area contributed by atoms with E-state index in [9.17, 15) is 9.59 Å². The van der Waals surface area contributed by atoms with Crippen LogP contribution in [0, 0.1) is 26.7 Å². The Morgan fingerprint density at radius 3 is 2.56 bits per heavy atom. The van der Waals surface area contributed by atoms with Crippen LogP contribution in [0.15, 0.2) is 36.4 Å². The van der Waals surface area contributed by atoms with Gasteiger partial charge in [0.2, 0.25) is 11.8 Å². The topological polar surface area (TPSA) is 114 Å². The van der Waals surface area contributed by atoms with Crippen LogP contribution in [-0.2, 0) is 9.59 Å². The maximum Gasteiger partial charge on any atom is 0.227 e. The largest absolute Gasteiger partial charge is 0.497 e. The molecule has 1 aromatic carbocycles. The maximum absolute atomic E-state index is 12.6. The van der Waals surface area contributed by atoms with Crippen LogP contribution in [0.2, 0.25) is 0 Å². The lowest BCUT2D eigenvalue weighted by atomic mass is 10.1. The van der Waals surface area contributed by atoms with Crippen molar-refractivity contribution in [2.75, 3.05) is 37.0 Å². The number of carbonyl (C=O) groups is 2. The van der Waals surface area contributed by atoms with E-state index in [1.165, 1.54) is 0 Å². The van der Waals surface area contributed by atoms with Crippen LogP contribution >= 0.6 is 0 Å². The molecular weight excluding hydrogens is 434 g/mol. The number of benzene rings is 1. The Bertz CT molecular complexity index is 1190. The fraction of sp³-hybridized carbons (Fsp3) is 0.375. The number of nitrogens with zero attached hydrogens (tertiary/aromatic N) is 5. The number of nitrogens with one attached hydrogen (secondary N) is 2. The Morgan fingerprint density at radius 1 is 1.12 bits per heavy atom. The molecule has 0 bridgehead atoms. The molecule has 2 amide bonds. The van der Waals surface area contributed by atoms with E-state index in [0.29, 0.717) is 37.1 Å². The zero-order valence-electron chi connectivity index (χ0n) is 19.8. The lowest BCUT2D eigenvalue weighted by molar-refractivity contribution is -0.126. The Morgan fingerprint density at radius 2 is 1.88 bits per heavy atom. The molecule has 1 atom stereocenters. The maximum atomic E-state index is 12.6. The molecule has 3 aromatic rings. The molecule has 0 saturated carbocycles. The summed E-state index contributed by atoms with van der Waals surface area (Å²) in [6.07, 6.45) is 0.197. The van der Waals surface area contributed by atoms with Gasteiger partial charge in [0.05, 0.1) is 18.7 Å². The number of ether oxygens (including phenoxy) is 1. The lowest BCUT2D eigenvalue weighted by Crippen LogP contribution is -2.35. The number of anilines is 2. The van der Waals surface area contributed by atoms with Gasteiger partial charge in [0.15, 0.2) is 5.82 Å². The second-order valence-electron chi connectivity index (χ2n) is 8.32. The molecule has 0 aliphatic carbocycles. The van der Waals surface area contributed by atoms with Crippen LogP contribution in [0.4, 0.5) is 11.5 Å². The minimum absolute atomic E-state index is 0.0587. The van der Waals surface area contributed by atoms with Crippen molar-refractivity contribution in [3.05, 3.63) is 53.6 Å². The average Bonchev–Trinajstić information content (AvgIpc) is 3.37. The average molecular weight is 464 g/mol. The fourth-order valence-corrected chi connectivity index (χ4v) is 4.03. The Kier molecular flexibility index (Phi) is 6.76. The van der Waals surface area contributed by atoms with E-state index in [4.69, 9.17) is 4.74 Å². The molecule has 0 radical (unpaired) electrons. The van der Waals surface area contributed by atoms with Gasteiger partial charge in [0.1, 0.15) is 17.4 Å². The molecule has 1 aliphatic rings. The lowest BCUT2D eigenvalue weighted by Gasteiger charge is -2.17. The smallest absolute Gasteiger partial charge is 0.227 e. The molecule has 4 rings (SSSR count). The summed E-state index contributed by atoms with van der Waals surface area (Å²) < 4.78 is 6.94. The zero-order chi connectivity index (χ0) is 24.2. The van der Waals surface area contributed by atoms with Crippen LogP contribution in [0.3, 0.4) is 0 Å². The normalized spacial score (nSPS) is 15.5.